The number of halogens is 2. The van der Waals surface area contributed by atoms with Crippen LogP contribution in [0.3, 0.4) is 0 Å². The molecule has 1 aromatic carbocycles. The first-order valence-electron chi connectivity index (χ1n) is 9.76. The van der Waals surface area contributed by atoms with Crippen LogP contribution in [0.1, 0.15) is 53.4 Å². The van der Waals surface area contributed by atoms with E-state index in [1.807, 2.05) is 20.8 Å². The smallest absolute Gasteiger partial charge is 0.232 e. The summed E-state index contributed by atoms with van der Waals surface area (Å²) in [6.45, 7) is 9.84. The Hall–Kier alpha value is -0.816. The molecule has 0 radical (unpaired) electrons. The predicted molar refractivity (Wildman–Crippen MR) is 104 cm³/mol. The van der Waals surface area contributed by atoms with E-state index in [-0.39, 0.29) is 46.5 Å². The van der Waals surface area contributed by atoms with Crippen LogP contribution in [0.4, 0.5) is 14.5 Å². The number of hydrogen-bond acceptors (Lipinski definition) is 3. The summed E-state index contributed by atoms with van der Waals surface area (Å²) in [6.07, 6.45) is 3.61. The molecule has 4 nitrogen and oxygen atoms in total. The van der Waals surface area contributed by atoms with Gasteiger partial charge in [0.25, 0.3) is 0 Å². The summed E-state index contributed by atoms with van der Waals surface area (Å²) in [5.74, 6) is -1.62. The maximum absolute atomic E-state index is 14.3. The van der Waals surface area contributed by atoms with Crippen molar-refractivity contribution in [3.8, 4) is 0 Å². The zero-order valence-corrected chi connectivity index (χ0v) is 19.1. The minimum Gasteiger partial charge on any atom is -0.379 e. The van der Waals surface area contributed by atoms with Gasteiger partial charge in [0.05, 0.1) is 25.5 Å². The molecule has 7 heteroatoms. The van der Waals surface area contributed by atoms with Crippen LogP contribution in [0.2, 0.25) is 0 Å². The first kappa shape index (κ1) is 27.2. The van der Waals surface area contributed by atoms with Crippen molar-refractivity contribution in [1.82, 2.24) is 0 Å². The molecule has 0 saturated heterocycles. The normalized spacial score (nSPS) is 11.2. The van der Waals surface area contributed by atoms with Gasteiger partial charge in [-0.3, -0.25) is 4.79 Å². The number of anilines is 1. The monoisotopic (exact) mass is 433 g/mol. The van der Waals surface area contributed by atoms with E-state index in [9.17, 15) is 13.6 Å². The van der Waals surface area contributed by atoms with Crippen LogP contribution in [-0.2, 0) is 36.0 Å². The second-order valence-electron chi connectivity index (χ2n) is 7.26. The minimum absolute atomic E-state index is 0. The molecule has 0 saturated carbocycles. The number of benzene rings is 1. The first-order valence-corrected chi connectivity index (χ1v) is 9.76. The molecule has 0 spiro atoms. The van der Waals surface area contributed by atoms with Crippen molar-refractivity contribution in [2.75, 3.05) is 37.9 Å². The topological polar surface area (TPSA) is 38.8 Å². The summed E-state index contributed by atoms with van der Waals surface area (Å²) in [5, 5.41) is 0. The van der Waals surface area contributed by atoms with Crippen molar-refractivity contribution >= 4 is 11.6 Å². The third-order valence-electron chi connectivity index (χ3n) is 4.37. The second kappa shape index (κ2) is 14.2. The summed E-state index contributed by atoms with van der Waals surface area (Å²) in [7, 11) is 0. The molecular formula is C21H33F2NO3Ti. The van der Waals surface area contributed by atoms with E-state index in [0.29, 0.717) is 26.2 Å². The van der Waals surface area contributed by atoms with Crippen LogP contribution in [0.5, 0.6) is 0 Å². The predicted octanol–water partition coefficient (Wildman–Crippen LogP) is 4.95. The van der Waals surface area contributed by atoms with Gasteiger partial charge in [0.2, 0.25) is 5.91 Å². The van der Waals surface area contributed by atoms with Crippen molar-refractivity contribution in [2.45, 2.75) is 53.4 Å². The van der Waals surface area contributed by atoms with Crippen LogP contribution in [0, 0.1) is 17.0 Å². The molecule has 0 bridgehead atoms. The van der Waals surface area contributed by atoms with Crippen molar-refractivity contribution < 1.29 is 44.8 Å². The van der Waals surface area contributed by atoms with Gasteiger partial charge in [0, 0.05) is 46.4 Å². The van der Waals surface area contributed by atoms with Gasteiger partial charge in [0.1, 0.15) is 11.6 Å². The van der Waals surface area contributed by atoms with E-state index in [4.69, 9.17) is 9.47 Å². The van der Waals surface area contributed by atoms with Gasteiger partial charge in [0.15, 0.2) is 0 Å². The molecule has 0 heterocycles. The molecule has 28 heavy (non-hydrogen) atoms. The van der Waals surface area contributed by atoms with Crippen LogP contribution in [0.15, 0.2) is 18.2 Å². The summed E-state index contributed by atoms with van der Waals surface area (Å²) in [4.78, 5) is 14.4. The van der Waals surface area contributed by atoms with E-state index in [2.05, 4.69) is 6.92 Å². The molecule has 0 aliphatic heterocycles. The summed E-state index contributed by atoms with van der Waals surface area (Å²) in [6, 6.07) is 3.26. The van der Waals surface area contributed by atoms with Crippen molar-refractivity contribution in [1.29, 1.82) is 0 Å². The molecule has 0 atom stereocenters. The Balaban J connectivity index is 0.00000729. The largest absolute Gasteiger partial charge is 0.379 e. The van der Waals surface area contributed by atoms with E-state index in [0.717, 1.165) is 31.4 Å². The Morgan fingerprint density at radius 3 is 2.25 bits per heavy atom. The number of ether oxygens (including phenoxy) is 2. The van der Waals surface area contributed by atoms with Gasteiger partial charge in [-0.25, -0.2) is 8.78 Å². The van der Waals surface area contributed by atoms with E-state index < -0.39 is 17.0 Å². The van der Waals surface area contributed by atoms with E-state index >= 15 is 0 Å². The maximum Gasteiger partial charge on any atom is 0.232 e. The fourth-order valence-electron chi connectivity index (χ4n) is 2.85. The van der Waals surface area contributed by atoms with Gasteiger partial charge in [-0.15, -0.1) is 0 Å². The van der Waals surface area contributed by atoms with Crippen LogP contribution >= 0.6 is 0 Å². The Labute approximate surface area is 182 Å². The Bertz CT molecular complexity index is 585. The number of nitrogens with zero attached hydrogens (tertiary/aromatic N) is 1. The number of hydrogen-bond donors (Lipinski definition) is 0. The number of unbranched alkanes of at least 4 members (excludes halogenated alkanes) is 1. The standard InChI is InChI=1S/C21H33F2NO3.Ti/c1-5-7-12-26-14-15-27-13-11-24(20(25)21(3,4)10-6-2)19-9-8-17(22)16-18(19)23;/h8-9,16H,5-7,10-15H2,1-4H3;. The number of rotatable bonds is 13. The van der Waals surface area contributed by atoms with Crippen LogP contribution in [-0.4, -0.2) is 38.9 Å². The van der Waals surface area contributed by atoms with Crippen molar-refractivity contribution in [2.24, 2.45) is 5.41 Å². The quantitative estimate of drug-likeness (QED) is 0.326. The average molecular weight is 433 g/mol. The molecule has 0 unspecified atom stereocenters. The van der Waals surface area contributed by atoms with Gasteiger partial charge < -0.3 is 14.4 Å². The van der Waals surface area contributed by atoms with E-state index in [1.54, 1.807) is 0 Å². The third-order valence-corrected chi connectivity index (χ3v) is 4.37. The van der Waals surface area contributed by atoms with Crippen LogP contribution < -0.4 is 4.90 Å². The zero-order chi connectivity index (χ0) is 20.3. The summed E-state index contributed by atoms with van der Waals surface area (Å²) < 4.78 is 38.5. The Morgan fingerprint density at radius 2 is 1.68 bits per heavy atom. The third kappa shape index (κ3) is 9.12. The number of amides is 1. The van der Waals surface area contributed by atoms with Gasteiger partial charge in [-0.05, 0) is 25.0 Å². The number of carbonyl (C=O) groups excluding carboxylic acids is 1. The minimum atomic E-state index is -0.751. The SMILES string of the molecule is CCCCOCCOCCN(C(=O)C(C)(C)CCC)c1ccc(F)cc1F.[Ti]. The van der Waals surface area contributed by atoms with Gasteiger partial charge in [-0.2, -0.15) is 0 Å². The van der Waals surface area contributed by atoms with Gasteiger partial charge >= 0.3 is 0 Å². The molecule has 0 N–H and O–H groups in total. The molecule has 0 aromatic heterocycles. The first-order chi connectivity index (χ1) is 12.8. The average Bonchev–Trinajstić information content (AvgIpc) is 2.61. The van der Waals surface area contributed by atoms with E-state index in [1.165, 1.54) is 11.0 Å². The Morgan fingerprint density at radius 1 is 1.04 bits per heavy atom. The molecule has 0 fully saturated rings. The van der Waals surface area contributed by atoms with Crippen molar-refractivity contribution in [3.05, 3.63) is 29.8 Å². The molecular weight excluding hydrogens is 400 g/mol. The molecule has 1 rings (SSSR count). The molecule has 1 aromatic rings. The zero-order valence-electron chi connectivity index (χ0n) is 17.5. The summed E-state index contributed by atoms with van der Waals surface area (Å²) in [5.41, 5.74) is -0.563. The molecule has 0 aliphatic rings. The maximum atomic E-state index is 14.3. The fourth-order valence-corrected chi connectivity index (χ4v) is 2.85. The van der Waals surface area contributed by atoms with Gasteiger partial charge in [-0.1, -0.05) is 40.5 Å². The Kier molecular flexibility index (Phi) is 13.8. The molecule has 158 valence electrons. The number of carbonyl (C=O) groups is 1. The molecule has 1 amide bonds. The van der Waals surface area contributed by atoms with Crippen molar-refractivity contribution in [3.63, 3.8) is 0 Å². The summed E-state index contributed by atoms with van der Waals surface area (Å²) >= 11 is 0. The van der Waals surface area contributed by atoms with Crippen LogP contribution in [0.25, 0.3) is 0 Å². The fraction of sp³-hybridized carbons (Fsp3) is 0.667. The molecule has 0 aliphatic carbocycles. The second-order valence-corrected chi connectivity index (χ2v) is 7.26.